The van der Waals surface area contributed by atoms with E-state index in [0.717, 1.165) is 12.8 Å². The standard InChI is InChI=1S/C14H15FN2O2/c1-8-6-9(2-5-11(8)15)16-12-7-13(18)17(14(12)19)10-3-4-10/h2,5-6,10,12,16H,3-4,7H2,1H3. The highest BCUT2D eigenvalue weighted by molar-refractivity contribution is 6.07. The number of aryl methyl sites for hydroxylation is 1. The molecule has 1 saturated heterocycles. The number of likely N-dealkylation sites (tertiary alicyclic amines) is 1. The molecular formula is C14H15FN2O2. The van der Waals surface area contributed by atoms with Gasteiger partial charge in [0.25, 0.3) is 5.91 Å². The van der Waals surface area contributed by atoms with E-state index >= 15 is 0 Å². The molecule has 1 heterocycles. The number of nitrogens with one attached hydrogen (secondary N) is 1. The SMILES string of the molecule is Cc1cc(NC2CC(=O)N(C3CC3)C2=O)ccc1F. The first-order valence-electron chi connectivity index (χ1n) is 6.45. The molecule has 1 unspecified atom stereocenters. The highest BCUT2D eigenvalue weighted by atomic mass is 19.1. The molecule has 2 amide bonds. The zero-order chi connectivity index (χ0) is 13.6. The van der Waals surface area contributed by atoms with Crippen LogP contribution >= 0.6 is 0 Å². The minimum Gasteiger partial charge on any atom is -0.373 e. The second kappa shape index (κ2) is 4.33. The lowest BCUT2D eigenvalue weighted by Crippen LogP contribution is -2.36. The van der Waals surface area contributed by atoms with Gasteiger partial charge in [-0.2, -0.15) is 0 Å². The van der Waals surface area contributed by atoms with Crippen molar-refractivity contribution in [2.45, 2.75) is 38.3 Å². The summed E-state index contributed by atoms with van der Waals surface area (Å²) in [6.07, 6.45) is 2.02. The second-order valence-electron chi connectivity index (χ2n) is 5.20. The number of hydrogen-bond donors (Lipinski definition) is 1. The monoisotopic (exact) mass is 262 g/mol. The van der Waals surface area contributed by atoms with Gasteiger partial charge in [0.05, 0.1) is 6.42 Å². The molecule has 1 aromatic rings. The third-order valence-corrected chi connectivity index (χ3v) is 3.59. The van der Waals surface area contributed by atoms with E-state index in [-0.39, 0.29) is 30.1 Å². The van der Waals surface area contributed by atoms with E-state index in [0.29, 0.717) is 11.3 Å². The molecule has 1 N–H and O–H groups in total. The van der Waals surface area contributed by atoms with Gasteiger partial charge in [-0.25, -0.2) is 4.39 Å². The highest BCUT2D eigenvalue weighted by Gasteiger charge is 2.46. The summed E-state index contributed by atoms with van der Waals surface area (Å²) in [4.78, 5) is 25.3. The van der Waals surface area contributed by atoms with Gasteiger partial charge in [-0.3, -0.25) is 14.5 Å². The average molecular weight is 262 g/mol. The molecule has 1 aromatic carbocycles. The van der Waals surface area contributed by atoms with Crippen molar-refractivity contribution in [2.75, 3.05) is 5.32 Å². The fourth-order valence-electron chi connectivity index (χ4n) is 2.42. The van der Waals surface area contributed by atoms with Gasteiger partial charge in [0.1, 0.15) is 11.9 Å². The van der Waals surface area contributed by atoms with Crippen LogP contribution in [0.4, 0.5) is 10.1 Å². The molecule has 19 heavy (non-hydrogen) atoms. The minimum absolute atomic E-state index is 0.108. The van der Waals surface area contributed by atoms with E-state index in [4.69, 9.17) is 0 Å². The summed E-state index contributed by atoms with van der Waals surface area (Å²) in [5, 5.41) is 3.02. The Morgan fingerprint density at radius 2 is 2.05 bits per heavy atom. The molecule has 5 heteroatoms. The van der Waals surface area contributed by atoms with Crippen molar-refractivity contribution in [1.29, 1.82) is 0 Å². The molecule has 100 valence electrons. The third-order valence-electron chi connectivity index (χ3n) is 3.59. The van der Waals surface area contributed by atoms with E-state index in [2.05, 4.69) is 5.32 Å². The van der Waals surface area contributed by atoms with E-state index in [9.17, 15) is 14.0 Å². The summed E-state index contributed by atoms with van der Waals surface area (Å²) in [7, 11) is 0. The first kappa shape index (κ1) is 12.1. The maximum atomic E-state index is 13.2. The van der Waals surface area contributed by atoms with Gasteiger partial charge in [0, 0.05) is 11.7 Å². The van der Waals surface area contributed by atoms with E-state index < -0.39 is 6.04 Å². The van der Waals surface area contributed by atoms with Crippen LogP contribution in [-0.2, 0) is 9.59 Å². The van der Waals surface area contributed by atoms with E-state index in [1.165, 1.54) is 11.0 Å². The Hall–Kier alpha value is -1.91. The van der Waals surface area contributed by atoms with Crippen LogP contribution in [0.15, 0.2) is 18.2 Å². The smallest absolute Gasteiger partial charge is 0.252 e. The highest BCUT2D eigenvalue weighted by Crippen LogP contribution is 2.32. The summed E-state index contributed by atoms with van der Waals surface area (Å²) < 4.78 is 13.2. The van der Waals surface area contributed by atoms with Crippen molar-refractivity contribution in [1.82, 2.24) is 4.90 Å². The molecular weight excluding hydrogens is 247 g/mol. The number of imide groups is 1. The van der Waals surface area contributed by atoms with Crippen molar-refractivity contribution in [3.05, 3.63) is 29.6 Å². The summed E-state index contributed by atoms with van der Waals surface area (Å²) in [5.41, 5.74) is 1.18. The molecule has 1 aliphatic heterocycles. The van der Waals surface area contributed by atoms with E-state index in [1.54, 1.807) is 19.1 Å². The van der Waals surface area contributed by atoms with Crippen molar-refractivity contribution in [3.8, 4) is 0 Å². The van der Waals surface area contributed by atoms with Crippen molar-refractivity contribution < 1.29 is 14.0 Å². The van der Waals surface area contributed by atoms with Crippen molar-refractivity contribution in [3.63, 3.8) is 0 Å². The molecule has 0 spiro atoms. The van der Waals surface area contributed by atoms with Gasteiger partial charge < -0.3 is 5.32 Å². The van der Waals surface area contributed by atoms with Crippen LogP contribution in [-0.4, -0.2) is 28.8 Å². The summed E-state index contributed by atoms with van der Waals surface area (Å²) in [6.45, 7) is 1.67. The van der Waals surface area contributed by atoms with Crippen molar-refractivity contribution in [2.24, 2.45) is 0 Å². The van der Waals surface area contributed by atoms with Gasteiger partial charge in [0.2, 0.25) is 5.91 Å². The molecule has 0 radical (unpaired) electrons. The number of carbonyl (C=O) groups is 2. The topological polar surface area (TPSA) is 49.4 Å². The Labute approximate surface area is 110 Å². The predicted octanol–water partition coefficient (Wildman–Crippen LogP) is 1.84. The maximum Gasteiger partial charge on any atom is 0.252 e. The first-order chi connectivity index (χ1) is 9.06. The van der Waals surface area contributed by atoms with Gasteiger partial charge in [-0.1, -0.05) is 0 Å². The summed E-state index contributed by atoms with van der Waals surface area (Å²) in [5.74, 6) is -0.544. The van der Waals surface area contributed by atoms with Crippen LogP contribution in [0, 0.1) is 12.7 Å². The van der Waals surface area contributed by atoms with Crippen LogP contribution in [0.2, 0.25) is 0 Å². The lowest BCUT2D eigenvalue weighted by Gasteiger charge is -2.15. The molecule has 3 rings (SSSR count). The molecule has 0 aromatic heterocycles. The number of benzene rings is 1. The number of halogens is 1. The van der Waals surface area contributed by atoms with Crippen LogP contribution in [0.1, 0.15) is 24.8 Å². The number of nitrogens with zero attached hydrogens (tertiary/aromatic N) is 1. The number of hydrogen-bond acceptors (Lipinski definition) is 3. The lowest BCUT2D eigenvalue weighted by molar-refractivity contribution is -0.139. The number of carbonyl (C=O) groups excluding carboxylic acids is 2. The van der Waals surface area contributed by atoms with Gasteiger partial charge in [-0.15, -0.1) is 0 Å². The van der Waals surface area contributed by atoms with Crippen LogP contribution in [0.5, 0.6) is 0 Å². The van der Waals surface area contributed by atoms with Crippen LogP contribution in [0.3, 0.4) is 0 Å². The molecule has 4 nitrogen and oxygen atoms in total. The summed E-state index contributed by atoms with van der Waals surface area (Å²) in [6, 6.07) is 4.18. The fraction of sp³-hybridized carbons (Fsp3) is 0.429. The minimum atomic E-state index is -0.516. The van der Waals surface area contributed by atoms with Crippen molar-refractivity contribution >= 4 is 17.5 Å². The first-order valence-corrected chi connectivity index (χ1v) is 6.45. The Morgan fingerprint density at radius 1 is 1.32 bits per heavy atom. The maximum absolute atomic E-state index is 13.2. The molecule has 2 fully saturated rings. The molecule has 1 aliphatic carbocycles. The summed E-state index contributed by atoms with van der Waals surface area (Å²) >= 11 is 0. The third kappa shape index (κ3) is 2.20. The Bertz CT molecular complexity index is 554. The van der Waals surface area contributed by atoms with E-state index in [1.807, 2.05) is 0 Å². The van der Waals surface area contributed by atoms with Crippen LogP contribution < -0.4 is 5.32 Å². The fourth-order valence-corrected chi connectivity index (χ4v) is 2.42. The molecule has 1 saturated carbocycles. The number of rotatable bonds is 3. The normalized spacial score (nSPS) is 23.1. The molecule has 1 atom stereocenters. The Morgan fingerprint density at radius 3 is 2.68 bits per heavy atom. The largest absolute Gasteiger partial charge is 0.373 e. The Balaban J connectivity index is 1.74. The molecule has 0 bridgehead atoms. The number of anilines is 1. The zero-order valence-corrected chi connectivity index (χ0v) is 10.6. The Kier molecular flexibility index (Phi) is 2.77. The average Bonchev–Trinajstić information content (AvgIpc) is 3.13. The lowest BCUT2D eigenvalue weighted by atomic mass is 10.2. The van der Waals surface area contributed by atoms with Crippen LogP contribution in [0.25, 0.3) is 0 Å². The second-order valence-corrected chi connectivity index (χ2v) is 5.20. The van der Waals surface area contributed by atoms with Gasteiger partial charge in [0.15, 0.2) is 0 Å². The zero-order valence-electron chi connectivity index (χ0n) is 10.6. The molecule has 2 aliphatic rings. The quantitative estimate of drug-likeness (QED) is 0.845. The number of amides is 2. The van der Waals surface area contributed by atoms with Gasteiger partial charge >= 0.3 is 0 Å². The predicted molar refractivity (Wildman–Crippen MR) is 68.0 cm³/mol. The van der Waals surface area contributed by atoms with Gasteiger partial charge in [-0.05, 0) is 43.5 Å².